The van der Waals surface area contributed by atoms with Crippen LogP contribution in [0.3, 0.4) is 0 Å². The van der Waals surface area contributed by atoms with Crippen molar-refractivity contribution in [3.63, 3.8) is 0 Å². The number of benzene rings is 2. The predicted molar refractivity (Wildman–Crippen MR) is 126 cm³/mol. The average Bonchev–Trinajstić information content (AvgIpc) is 3.24. The van der Waals surface area contributed by atoms with Gasteiger partial charge in [0.15, 0.2) is 12.4 Å². The van der Waals surface area contributed by atoms with Crippen molar-refractivity contribution in [2.24, 2.45) is 0 Å². The summed E-state index contributed by atoms with van der Waals surface area (Å²) in [4.78, 5) is 16.3. The summed E-state index contributed by atoms with van der Waals surface area (Å²) < 4.78 is 6.07. The Labute approximate surface area is 191 Å². The molecule has 1 fully saturated rings. The summed E-state index contributed by atoms with van der Waals surface area (Å²) in [6.07, 6.45) is 1.90. The van der Waals surface area contributed by atoms with Crippen molar-refractivity contribution in [1.82, 2.24) is 15.1 Å². The maximum Gasteiger partial charge on any atom is 0.166 e. The number of likely N-dealkylation sites (N-methyl/N-ethyl adjacent to an activating group) is 1. The summed E-state index contributed by atoms with van der Waals surface area (Å²) in [6.45, 7) is 5.35. The molecule has 0 aromatic heterocycles. The molecule has 2 heterocycles. The number of para-hydroxylation sites is 1. The van der Waals surface area contributed by atoms with Gasteiger partial charge in [-0.1, -0.05) is 42.5 Å². The molecule has 0 aliphatic carbocycles. The number of hydrogen-bond donors (Lipinski definition) is 2. The summed E-state index contributed by atoms with van der Waals surface area (Å²) in [5.41, 5.74) is 3.93. The highest BCUT2D eigenvalue weighted by Crippen LogP contribution is 2.33. The van der Waals surface area contributed by atoms with Gasteiger partial charge in [0.1, 0.15) is 5.75 Å². The number of ether oxygens (including phenoxy) is 1. The Morgan fingerprint density at radius 1 is 1.12 bits per heavy atom. The Morgan fingerprint density at radius 2 is 1.91 bits per heavy atom. The van der Waals surface area contributed by atoms with E-state index in [9.17, 15) is 9.90 Å². The molecule has 6 heteroatoms. The van der Waals surface area contributed by atoms with Crippen LogP contribution in [0.25, 0.3) is 0 Å². The summed E-state index contributed by atoms with van der Waals surface area (Å²) in [5.74, 6) is 1.23. The highest BCUT2D eigenvalue weighted by molar-refractivity contribution is 5.57. The molecule has 0 radical (unpaired) electrons. The van der Waals surface area contributed by atoms with Crippen molar-refractivity contribution < 1.29 is 14.6 Å². The van der Waals surface area contributed by atoms with E-state index in [2.05, 4.69) is 52.5 Å². The molecule has 0 bridgehead atoms. The highest BCUT2D eigenvalue weighted by Gasteiger charge is 2.25. The van der Waals surface area contributed by atoms with Crippen molar-refractivity contribution in [3.8, 4) is 5.75 Å². The fourth-order valence-electron chi connectivity index (χ4n) is 4.86. The number of aliphatic hydroxyl groups is 1. The number of carbonyl (C=O) groups excluding carboxylic acids is 1. The Bertz CT molecular complexity index is 890. The van der Waals surface area contributed by atoms with Crippen LogP contribution in [0.5, 0.6) is 5.75 Å². The second-order valence-corrected chi connectivity index (χ2v) is 9.14. The number of nitrogens with one attached hydrogen (secondary N) is 1. The number of hydrogen-bond acceptors (Lipinski definition) is 6. The molecule has 0 spiro atoms. The first-order valence-corrected chi connectivity index (χ1v) is 11.7. The number of likely N-dealkylation sites (tertiary alicyclic amines) is 1. The summed E-state index contributed by atoms with van der Waals surface area (Å²) >= 11 is 0. The molecule has 3 atom stereocenters. The SMILES string of the molecule is CN1CCC(c2ccccc2OC(C=O)CNCC(O)CN2CCc3ccccc3C2)C1. The smallest absolute Gasteiger partial charge is 0.166 e. The largest absolute Gasteiger partial charge is 0.481 e. The normalized spacial score (nSPS) is 21.1. The van der Waals surface area contributed by atoms with Gasteiger partial charge in [0.2, 0.25) is 0 Å². The van der Waals surface area contributed by atoms with Crippen molar-refractivity contribution in [2.45, 2.75) is 37.5 Å². The van der Waals surface area contributed by atoms with Gasteiger partial charge in [0.25, 0.3) is 0 Å². The number of fused-ring (bicyclic) bond motifs is 1. The Balaban J connectivity index is 1.24. The van der Waals surface area contributed by atoms with Crippen LogP contribution in [-0.4, -0.2) is 79.7 Å². The van der Waals surface area contributed by atoms with E-state index < -0.39 is 12.2 Å². The number of nitrogens with zero attached hydrogens (tertiary/aromatic N) is 2. The van der Waals surface area contributed by atoms with Crippen LogP contribution in [0.2, 0.25) is 0 Å². The number of aldehydes is 1. The van der Waals surface area contributed by atoms with E-state index in [1.807, 2.05) is 18.2 Å². The number of carbonyl (C=O) groups is 1. The van der Waals surface area contributed by atoms with Gasteiger partial charge in [-0.3, -0.25) is 9.69 Å². The molecule has 4 rings (SSSR count). The lowest BCUT2D eigenvalue weighted by Crippen LogP contribution is -2.43. The van der Waals surface area contributed by atoms with Crippen LogP contribution in [0.15, 0.2) is 48.5 Å². The zero-order valence-corrected chi connectivity index (χ0v) is 19.0. The van der Waals surface area contributed by atoms with Crippen LogP contribution in [0, 0.1) is 0 Å². The minimum atomic E-state index is -0.579. The average molecular weight is 438 g/mol. The summed E-state index contributed by atoms with van der Waals surface area (Å²) in [5, 5.41) is 13.7. The first-order valence-electron chi connectivity index (χ1n) is 11.7. The topological polar surface area (TPSA) is 65.0 Å². The monoisotopic (exact) mass is 437 g/mol. The zero-order chi connectivity index (χ0) is 22.3. The Hall–Kier alpha value is -2.25. The molecular weight excluding hydrogens is 402 g/mol. The first kappa shape index (κ1) is 22.9. The quantitative estimate of drug-likeness (QED) is 0.555. The van der Waals surface area contributed by atoms with Gasteiger partial charge >= 0.3 is 0 Å². The van der Waals surface area contributed by atoms with Gasteiger partial charge in [0, 0.05) is 45.2 Å². The third-order valence-electron chi connectivity index (χ3n) is 6.58. The molecule has 2 aliphatic heterocycles. The maximum absolute atomic E-state index is 11.7. The molecule has 2 aromatic carbocycles. The third kappa shape index (κ3) is 5.95. The van der Waals surface area contributed by atoms with Crippen molar-refractivity contribution in [1.29, 1.82) is 0 Å². The first-order chi connectivity index (χ1) is 15.6. The molecular formula is C26H35N3O3. The van der Waals surface area contributed by atoms with E-state index >= 15 is 0 Å². The van der Waals surface area contributed by atoms with Crippen LogP contribution >= 0.6 is 0 Å². The van der Waals surface area contributed by atoms with Crippen molar-refractivity contribution in [2.75, 3.05) is 46.3 Å². The van der Waals surface area contributed by atoms with Crippen molar-refractivity contribution in [3.05, 3.63) is 65.2 Å². The van der Waals surface area contributed by atoms with Crippen LogP contribution in [0.1, 0.15) is 29.0 Å². The second kappa shape index (κ2) is 11.1. The zero-order valence-electron chi connectivity index (χ0n) is 19.0. The second-order valence-electron chi connectivity index (χ2n) is 9.14. The van der Waals surface area contributed by atoms with Crippen LogP contribution in [-0.2, 0) is 17.8 Å². The van der Waals surface area contributed by atoms with E-state index in [-0.39, 0.29) is 0 Å². The third-order valence-corrected chi connectivity index (χ3v) is 6.58. The molecule has 0 amide bonds. The number of rotatable bonds is 10. The fraction of sp³-hybridized carbons (Fsp3) is 0.500. The minimum Gasteiger partial charge on any atom is -0.481 e. The lowest BCUT2D eigenvalue weighted by Gasteiger charge is -2.30. The highest BCUT2D eigenvalue weighted by atomic mass is 16.5. The van der Waals surface area contributed by atoms with E-state index in [0.29, 0.717) is 25.6 Å². The molecule has 32 heavy (non-hydrogen) atoms. The van der Waals surface area contributed by atoms with Crippen molar-refractivity contribution >= 4 is 6.29 Å². The fourth-order valence-corrected chi connectivity index (χ4v) is 4.86. The molecule has 172 valence electrons. The molecule has 2 N–H and O–H groups in total. The lowest BCUT2D eigenvalue weighted by atomic mass is 9.97. The summed E-state index contributed by atoms with van der Waals surface area (Å²) in [6, 6.07) is 16.6. The molecule has 1 saturated heterocycles. The van der Waals surface area contributed by atoms with Gasteiger partial charge in [-0.05, 0) is 49.2 Å². The van der Waals surface area contributed by atoms with Gasteiger partial charge < -0.3 is 20.1 Å². The Kier molecular flexibility index (Phi) is 7.92. The van der Waals surface area contributed by atoms with E-state index in [0.717, 1.165) is 51.1 Å². The molecule has 6 nitrogen and oxygen atoms in total. The van der Waals surface area contributed by atoms with E-state index in [4.69, 9.17) is 4.74 Å². The number of aliphatic hydroxyl groups excluding tert-OH is 1. The van der Waals surface area contributed by atoms with Crippen LogP contribution in [0.4, 0.5) is 0 Å². The predicted octanol–water partition coefficient (Wildman–Crippen LogP) is 2.06. The molecule has 2 aromatic rings. The molecule has 0 saturated carbocycles. The minimum absolute atomic E-state index is 0.377. The van der Waals surface area contributed by atoms with Gasteiger partial charge in [0.05, 0.1) is 6.10 Å². The summed E-state index contributed by atoms with van der Waals surface area (Å²) in [7, 11) is 2.13. The number of β-amino-alcohol motifs (C(OH)–C–C–N with tert-alkyl or cyclic N) is 1. The standard InChI is InChI=1S/C26H35N3O3/c1-28-12-10-22(16-28)25-8-4-5-9-26(25)32-24(19-30)15-27-14-23(31)18-29-13-11-20-6-2-3-7-21(20)17-29/h2-9,19,22-24,27,31H,10-18H2,1H3. The maximum atomic E-state index is 11.7. The van der Waals surface area contributed by atoms with E-state index in [1.54, 1.807) is 0 Å². The van der Waals surface area contributed by atoms with Gasteiger partial charge in [-0.15, -0.1) is 0 Å². The van der Waals surface area contributed by atoms with Gasteiger partial charge in [-0.2, -0.15) is 0 Å². The van der Waals surface area contributed by atoms with Gasteiger partial charge in [-0.25, -0.2) is 0 Å². The van der Waals surface area contributed by atoms with Crippen LogP contribution < -0.4 is 10.1 Å². The molecule has 3 unspecified atom stereocenters. The molecule has 2 aliphatic rings. The van der Waals surface area contributed by atoms with E-state index in [1.165, 1.54) is 16.7 Å². The Morgan fingerprint density at radius 3 is 2.69 bits per heavy atom. The lowest BCUT2D eigenvalue weighted by molar-refractivity contribution is -0.113.